The summed E-state index contributed by atoms with van der Waals surface area (Å²) in [6, 6.07) is 3.73. The first kappa shape index (κ1) is 22.2. The minimum Gasteiger partial charge on any atom is -0.398 e. The molecule has 1 aliphatic heterocycles. The standard InChI is InChI=1S/C22H27F3N6O/c1-13(32)27-15-5-4-10-31(12-15)20-16-6-2-3-7-19(16)29-21(30-20)28-14-8-9-18(26)17(11-14)22(23,24)25/h8-9,11,15H,2-7,10,12,26H2,1H3,(H,27,32)(H,28,29,30). The first-order valence-corrected chi connectivity index (χ1v) is 10.9. The maximum atomic E-state index is 13.3. The highest BCUT2D eigenvalue weighted by molar-refractivity contribution is 5.73. The van der Waals surface area contributed by atoms with E-state index < -0.39 is 11.7 Å². The third-order valence-corrected chi connectivity index (χ3v) is 5.90. The fourth-order valence-electron chi connectivity index (χ4n) is 4.48. The fraction of sp³-hybridized carbons (Fsp3) is 0.500. The number of benzene rings is 1. The SMILES string of the molecule is CC(=O)NC1CCCN(c2nc(Nc3ccc(N)c(C(F)(F)F)c3)nc3c2CCCC3)C1. The van der Waals surface area contributed by atoms with Gasteiger partial charge in [-0.1, -0.05) is 0 Å². The number of piperidine rings is 1. The number of aromatic nitrogens is 2. The van der Waals surface area contributed by atoms with Gasteiger partial charge in [0.25, 0.3) is 0 Å². The third-order valence-electron chi connectivity index (χ3n) is 5.90. The Kier molecular flexibility index (Phi) is 6.12. The molecule has 1 fully saturated rings. The van der Waals surface area contributed by atoms with Crippen molar-refractivity contribution in [3.63, 3.8) is 0 Å². The molecule has 1 aromatic heterocycles. The van der Waals surface area contributed by atoms with Crippen LogP contribution in [0.1, 0.15) is 49.4 Å². The van der Waals surface area contributed by atoms with Crippen LogP contribution in [-0.2, 0) is 23.8 Å². The van der Waals surface area contributed by atoms with Crippen LogP contribution in [0.5, 0.6) is 0 Å². The van der Waals surface area contributed by atoms with E-state index in [-0.39, 0.29) is 29.3 Å². The van der Waals surface area contributed by atoms with Crippen molar-refractivity contribution in [1.82, 2.24) is 15.3 Å². The van der Waals surface area contributed by atoms with Crippen LogP contribution in [0.2, 0.25) is 0 Å². The summed E-state index contributed by atoms with van der Waals surface area (Å²) in [4.78, 5) is 23.0. The van der Waals surface area contributed by atoms with Gasteiger partial charge in [0, 0.05) is 43.0 Å². The number of hydrogen-bond acceptors (Lipinski definition) is 6. The Hall–Kier alpha value is -3.04. The average molecular weight is 448 g/mol. The Morgan fingerprint density at radius 2 is 1.97 bits per heavy atom. The molecule has 0 saturated carbocycles. The second kappa shape index (κ2) is 8.84. The highest BCUT2D eigenvalue weighted by Crippen LogP contribution is 2.36. The number of halogens is 3. The molecule has 1 amide bonds. The topological polar surface area (TPSA) is 96.2 Å². The quantitative estimate of drug-likeness (QED) is 0.616. The zero-order valence-electron chi connectivity index (χ0n) is 17.9. The summed E-state index contributed by atoms with van der Waals surface area (Å²) >= 11 is 0. The van der Waals surface area contributed by atoms with Crippen molar-refractivity contribution in [2.75, 3.05) is 29.0 Å². The van der Waals surface area contributed by atoms with E-state index in [2.05, 4.69) is 20.5 Å². The van der Waals surface area contributed by atoms with Crippen molar-refractivity contribution in [3.05, 3.63) is 35.0 Å². The molecule has 7 nitrogen and oxygen atoms in total. The maximum Gasteiger partial charge on any atom is 0.418 e. The Morgan fingerprint density at radius 3 is 2.72 bits per heavy atom. The molecule has 2 heterocycles. The van der Waals surface area contributed by atoms with E-state index in [1.807, 2.05) is 0 Å². The van der Waals surface area contributed by atoms with Crippen molar-refractivity contribution in [2.24, 2.45) is 0 Å². The molecule has 172 valence electrons. The monoisotopic (exact) mass is 448 g/mol. The number of amides is 1. The van der Waals surface area contributed by atoms with Crippen LogP contribution in [0.25, 0.3) is 0 Å². The zero-order chi connectivity index (χ0) is 22.9. The lowest BCUT2D eigenvalue weighted by atomic mass is 9.95. The van der Waals surface area contributed by atoms with Gasteiger partial charge in [-0.25, -0.2) is 4.98 Å². The van der Waals surface area contributed by atoms with E-state index in [4.69, 9.17) is 10.7 Å². The number of carbonyl (C=O) groups excluding carboxylic acids is 1. The molecular weight excluding hydrogens is 421 g/mol. The fourth-order valence-corrected chi connectivity index (χ4v) is 4.48. The largest absolute Gasteiger partial charge is 0.418 e. The lowest BCUT2D eigenvalue weighted by molar-refractivity contribution is -0.136. The molecule has 0 radical (unpaired) electrons. The Labute approximate surface area is 184 Å². The molecule has 4 rings (SSSR count). The molecule has 32 heavy (non-hydrogen) atoms. The van der Waals surface area contributed by atoms with Gasteiger partial charge >= 0.3 is 6.18 Å². The molecule has 1 atom stereocenters. The number of nitrogens with two attached hydrogens (primary N) is 1. The van der Waals surface area contributed by atoms with Crippen LogP contribution < -0.4 is 21.3 Å². The number of nitrogen functional groups attached to an aromatic ring is 1. The summed E-state index contributed by atoms with van der Waals surface area (Å²) in [5, 5.41) is 5.93. The summed E-state index contributed by atoms with van der Waals surface area (Å²) in [6.07, 6.45) is 1.00. The first-order valence-electron chi connectivity index (χ1n) is 10.9. The molecule has 1 aliphatic carbocycles. The van der Waals surface area contributed by atoms with E-state index >= 15 is 0 Å². The van der Waals surface area contributed by atoms with Crippen molar-refractivity contribution in [3.8, 4) is 0 Å². The highest BCUT2D eigenvalue weighted by atomic mass is 19.4. The number of hydrogen-bond donors (Lipinski definition) is 3. The molecule has 1 saturated heterocycles. The molecule has 0 spiro atoms. The summed E-state index contributed by atoms with van der Waals surface area (Å²) in [7, 11) is 0. The van der Waals surface area contributed by atoms with Gasteiger partial charge in [-0.05, 0) is 56.7 Å². The molecule has 1 aromatic carbocycles. The van der Waals surface area contributed by atoms with Crippen LogP contribution in [0.15, 0.2) is 18.2 Å². The van der Waals surface area contributed by atoms with Crippen molar-refractivity contribution >= 4 is 29.0 Å². The Balaban J connectivity index is 1.65. The third kappa shape index (κ3) is 4.89. The van der Waals surface area contributed by atoms with Gasteiger partial charge in [-0.15, -0.1) is 0 Å². The number of rotatable bonds is 4. The predicted octanol–water partition coefficient (Wildman–Crippen LogP) is 3.80. The van der Waals surface area contributed by atoms with E-state index in [9.17, 15) is 18.0 Å². The van der Waals surface area contributed by atoms with Crippen LogP contribution in [0.3, 0.4) is 0 Å². The van der Waals surface area contributed by atoms with E-state index in [0.717, 1.165) is 68.2 Å². The van der Waals surface area contributed by atoms with E-state index in [0.29, 0.717) is 6.54 Å². The number of carbonyl (C=O) groups is 1. The lowest BCUT2D eigenvalue weighted by Crippen LogP contribution is -2.48. The maximum absolute atomic E-state index is 13.3. The second-order valence-electron chi connectivity index (χ2n) is 8.41. The molecular formula is C22H27F3N6O. The average Bonchev–Trinajstić information content (AvgIpc) is 2.73. The van der Waals surface area contributed by atoms with Gasteiger partial charge in [0.05, 0.1) is 11.3 Å². The Bertz CT molecular complexity index is 1010. The number of fused-ring (bicyclic) bond motifs is 1. The van der Waals surface area contributed by atoms with Crippen molar-refractivity contribution < 1.29 is 18.0 Å². The minimum absolute atomic E-state index is 0.0401. The van der Waals surface area contributed by atoms with Crippen molar-refractivity contribution in [2.45, 2.75) is 57.7 Å². The normalized spacial score (nSPS) is 18.8. The molecule has 0 bridgehead atoms. The van der Waals surface area contributed by atoms with Gasteiger partial charge in [-0.2, -0.15) is 18.2 Å². The summed E-state index contributed by atoms with van der Waals surface area (Å²) in [5.74, 6) is 1.01. The number of aryl methyl sites for hydroxylation is 1. The number of nitrogens with zero attached hydrogens (tertiary/aromatic N) is 3. The van der Waals surface area contributed by atoms with Gasteiger partial charge in [0.15, 0.2) is 0 Å². The summed E-state index contributed by atoms with van der Waals surface area (Å²) in [5.41, 5.74) is 6.54. The minimum atomic E-state index is -4.55. The number of anilines is 4. The summed E-state index contributed by atoms with van der Waals surface area (Å²) < 4.78 is 39.8. The Morgan fingerprint density at radius 1 is 1.19 bits per heavy atom. The molecule has 10 heteroatoms. The molecule has 2 aliphatic rings. The smallest absolute Gasteiger partial charge is 0.398 e. The van der Waals surface area contributed by atoms with Crippen molar-refractivity contribution in [1.29, 1.82) is 0 Å². The van der Waals surface area contributed by atoms with Crippen LogP contribution in [-0.4, -0.2) is 35.0 Å². The van der Waals surface area contributed by atoms with Gasteiger partial charge in [0.2, 0.25) is 11.9 Å². The van der Waals surface area contributed by atoms with E-state index in [1.165, 1.54) is 19.1 Å². The number of nitrogens with one attached hydrogen (secondary N) is 2. The number of alkyl halides is 3. The summed E-state index contributed by atoms with van der Waals surface area (Å²) in [6.45, 7) is 2.96. The predicted molar refractivity (Wildman–Crippen MR) is 117 cm³/mol. The first-order chi connectivity index (χ1) is 15.2. The molecule has 4 N–H and O–H groups in total. The molecule has 2 aromatic rings. The molecule has 1 unspecified atom stereocenters. The lowest BCUT2D eigenvalue weighted by Gasteiger charge is -2.36. The highest BCUT2D eigenvalue weighted by Gasteiger charge is 2.33. The van der Waals surface area contributed by atoms with Crippen LogP contribution >= 0.6 is 0 Å². The zero-order valence-corrected chi connectivity index (χ0v) is 17.9. The van der Waals surface area contributed by atoms with E-state index in [1.54, 1.807) is 0 Å². The van der Waals surface area contributed by atoms with Crippen LogP contribution in [0.4, 0.5) is 36.3 Å². The van der Waals surface area contributed by atoms with Gasteiger partial charge in [0.1, 0.15) is 5.82 Å². The van der Waals surface area contributed by atoms with Gasteiger partial charge in [-0.3, -0.25) is 4.79 Å². The van der Waals surface area contributed by atoms with Gasteiger partial charge < -0.3 is 21.3 Å². The van der Waals surface area contributed by atoms with Crippen LogP contribution in [0, 0.1) is 0 Å². The second-order valence-corrected chi connectivity index (χ2v) is 8.41.